The molecule has 1 saturated heterocycles. The van der Waals surface area contributed by atoms with Gasteiger partial charge >= 0.3 is 0 Å². The van der Waals surface area contributed by atoms with E-state index >= 15 is 0 Å². The van der Waals surface area contributed by atoms with Gasteiger partial charge in [-0.25, -0.2) is 0 Å². The van der Waals surface area contributed by atoms with Crippen LogP contribution < -0.4 is 10.1 Å². The SMILES string of the molecule is COc1ccc(/C=C2/S/C(=N/N=C\c3ccc(C(C)C)cc3)NC2=O)cc1. The molecule has 6 heteroatoms. The molecule has 138 valence electrons. The van der Waals surface area contributed by atoms with E-state index in [1.165, 1.54) is 17.3 Å². The number of thioether (sulfide) groups is 1. The molecule has 0 aromatic heterocycles. The molecule has 1 aliphatic rings. The molecule has 3 rings (SSSR count). The molecule has 0 radical (unpaired) electrons. The van der Waals surface area contributed by atoms with Crippen LogP contribution in [-0.4, -0.2) is 24.4 Å². The van der Waals surface area contributed by atoms with Gasteiger partial charge in [0.25, 0.3) is 5.91 Å². The lowest BCUT2D eigenvalue weighted by Crippen LogP contribution is -2.19. The van der Waals surface area contributed by atoms with Crippen LogP contribution in [0.15, 0.2) is 63.6 Å². The van der Waals surface area contributed by atoms with E-state index in [0.29, 0.717) is 16.0 Å². The molecule has 2 aromatic carbocycles. The van der Waals surface area contributed by atoms with Gasteiger partial charge in [0.2, 0.25) is 0 Å². The molecule has 0 aliphatic carbocycles. The largest absolute Gasteiger partial charge is 0.497 e. The zero-order valence-electron chi connectivity index (χ0n) is 15.5. The van der Waals surface area contributed by atoms with Crippen molar-refractivity contribution >= 4 is 35.1 Å². The maximum absolute atomic E-state index is 12.1. The van der Waals surface area contributed by atoms with Crippen LogP contribution in [0.5, 0.6) is 5.75 Å². The third-order valence-corrected chi connectivity index (χ3v) is 4.92. The first-order chi connectivity index (χ1) is 13.0. The van der Waals surface area contributed by atoms with Gasteiger partial charge in [0.1, 0.15) is 5.75 Å². The van der Waals surface area contributed by atoms with Gasteiger partial charge in [-0.2, -0.15) is 5.10 Å². The van der Waals surface area contributed by atoms with Crippen molar-refractivity contribution < 1.29 is 9.53 Å². The number of carbonyl (C=O) groups is 1. The summed E-state index contributed by atoms with van der Waals surface area (Å²) >= 11 is 1.27. The summed E-state index contributed by atoms with van der Waals surface area (Å²) in [5.41, 5.74) is 3.17. The molecule has 1 fully saturated rings. The molecule has 1 amide bonds. The molecule has 0 unspecified atom stereocenters. The Morgan fingerprint density at radius 3 is 2.33 bits per heavy atom. The summed E-state index contributed by atoms with van der Waals surface area (Å²) in [5.74, 6) is 1.10. The Kier molecular flexibility index (Phi) is 6.08. The van der Waals surface area contributed by atoms with E-state index in [-0.39, 0.29) is 5.91 Å². The average molecular weight is 379 g/mol. The summed E-state index contributed by atoms with van der Waals surface area (Å²) in [6.45, 7) is 4.32. The molecule has 0 bridgehead atoms. The van der Waals surface area contributed by atoms with Gasteiger partial charge in [-0.1, -0.05) is 50.2 Å². The van der Waals surface area contributed by atoms with E-state index in [9.17, 15) is 4.79 Å². The van der Waals surface area contributed by atoms with E-state index in [1.54, 1.807) is 13.3 Å². The molecule has 0 saturated carbocycles. The first kappa shape index (κ1) is 18.9. The fourth-order valence-electron chi connectivity index (χ4n) is 2.44. The van der Waals surface area contributed by atoms with Crippen molar-refractivity contribution in [3.8, 4) is 5.75 Å². The Balaban J connectivity index is 1.66. The van der Waals surface area contributed by atoms with Gasteiger partial charge in [0.05, 0.1) is 18.2 Å². The molecule has 0 spiro atoms. The number of amides is 1. The van der Waals surface area contributed by atoms with Crippen molar-refractivity contribution in [2.45, 2.75) is 19.8 Å². The molecule has 2 aromatic rings. The van der Waals surface area contributed by atoms with E-state index in [1.807, 2.05) is 42.5 Å². The highest BCUT2D eigenvalue weighted by Crippen LogP contribution is 2.26. The van der Waals surface area contributed by atoms with Crippen LogP contribution in [0.2, 0.25) is 0 Å². The summed E-state index contributed by atoms with van der Waals surface area (Å²) in [5, 5.41) is 11.4. The maximum Gasteiger partial charge on any atom is 0.264 e. The Bertz CT molecular complexity index is 898. The van der Waals surface area contributed by atoms with Crippen molar-refractivity contribution in [3.63, 3.8) is 0 Å². The Labute approximate surface area is 163 Å². The summed E-state index contributed by atoms with van der Waals surface area (Å²) in [7, 11) is 1.62. The third-order valence-electron chi connectivity index (χ3n) is 4.02. The van der Waals surface area contributed by atoms with Gasteiger partial charge in [-0.3, -0.25) is 10.1 Å². The predicted molar refractivity (Wildman–Crippen MR) is 112 cm³/mol. The number of nitrogens with one attached hydrogen (secondary N) is 1. The molecule has 1 heterocycles. The number of ether oxygens (including phenoxy) is 1. The lowest BCUT2D eigenvalue weighted by Gasteiger charge is -2.03. The summed E-state index contributed by atoms with van der Waals surface area (Å²) in [6, 6.07) is 15.7. The molecular formula is C21H21N3O2S. The molecule has 27 heavy (non-hydrogen) atoms. The highest BCUT2D eigenvalue weighted by molar-refractivity contribution is 8.18. The van der Waals surface area contributed by atoms with E-state index < -0.39 is 0 Å². The fraction of sp³-hybridized carbons (Fsp3) is 0.190. The monoisotopic (exact) mass is 379 g/mol. The number of hydrogen-bond acceptors (Lipinski definition) is 5. The van der Waals surface area contributed by atoms with Gasteiger partial charge in [0, 0.05) is 0 Å². The summed E-state index contributed by atoms with van der Waals surface area (Å²) < 4.78 is 5.14. The fourth-order valence-corrected chi connectivity index (χ4v) is 3.22. The third kappa shape index (κ3) is 5.08. The van der Waals surface area contributed by atoms with Gasteiger partial charge < -0.3 is 4.74 Å². The van der Waals surface area contributed by atoms with Crippen molar-refractivity contribution in [2.24, 2.45) is 10.2 Å². The Morgan fingerprint density at radius 2 is 1.70 bits per heavy atom. The molecule has 1 aliphatic heterocycles. The van der Waals surface area contributed by atoms with Crippen LogP contribution >= 0.6 is 11.8 Å². The van der Waals surface area contributed by atoms with Gasteiger partial charge in [-0.15, -0.1) is 5.10 Å². The van der Waals surface area contributed by atoms with E-state index in [4.69, 9.17) is 4.74 Å². The Hall–Kier alpha value is -2.86. The second-order valence-corrected chi connectivity index (χ2v) is 7.34. The lowest BCUT2D eigenvalue weighted by molar-refractivity contribution is -0.115. The van der Waals surface area contributed by atoms with Gasteiger partial charge in [0.15, 0.2) is 5.17 Å². The zero-order valence-corrected chi connectivity index (χ0v) is 16.3. The average Bonchev–Trinajstić information content (AvgIpc) is 3.02. The number of rotatable bonds is 5. The minimum absolute atomic E-state index is 0.175. The molecule has 5 nitrogen and oxygen atoms in total. The van der Waals surface area contributed by atoms with E-state index in [2.05, 4.69) is 41.5 Å². The van der Waals surface area contributed by atoms with Crippen molar-refractivity contribution in [3.05, 3.63) is 70.1 Å². The van der Waals surface area contributed by atoms with Crippen molar-refractivity contribution in [1.82, 2.24) is 5.32 Å². The van der Waals surface area contributed by atoms with Gasteiger partial charge in [-0.05, 0) is 52.6 Å². The molecule has 0 atom stereocenters. The zero-order chi connectivity index (χ0) is 19.2. The lowest BCUT2D eigenvalue weighted by atomic mass is 10.0. The number of nitrogens with zero attached hydrogens (tertiary/aromatic N) is 2. The van der Waals surface area contributed by atoms with Crippen LogP contribution in [0.4, 0.5) is 0 Å². The number of methoxy groups -OCH3 is 1. The topological polar surface area (TPSA) is 63.1 Å². The summed E-state index contributed by atoms with van der Waals surface area (Å²) in [4.78, 5) is 12.7. The quantitative estimate of drug-likeness (QED) is 0.475. The van der Waals surface area contributed by atoms with Crippen LogP contribution in [0.3, 0.4) is 0 Å². The highest BCUT2D eigenvalue weighted by atomic mass is 32.2. The second kappa shape index (κ2) is 8.68. The Morgan fingerprint density at radius 1 is 1.04 bits per heavy atom. The van der Waals surface area contributed by atoms with Crippen LogP contribution in [-0.2, 0) is 4.79 Å². The number of amidine groups is 1. The predicted octanol–water partition coefficient (Wildman–Crippen LogP) is 4.41. The molecular weight excluding hydrogens is 358 g/mol. The number of carbonyl (C=O) groups excluding carboxylic acids is 1. The molecule has 1 N–H and O–H groups in total. The van der Waals surface area contributed by atoms with Crippen LogP contribution in [0.1, 0.15) is 36.5 Å². The summed E-state index contributed by atoms with van der Waals surface area (Å²) in [6.07, 6.45) is 3.49. The number of hydrogen-bond donors (Lipinski definition) is 1. The van der Waals surface area contributed by atoms with Crippen molar-refractivity contribution in [1.29, 1.82) is 0 Å². The first-order valence-corrected chi connectivity index (χ1v) is 9.43. The minimum atomic E-state index is -0.175. The highest BCUT2D eigenvalue weighted by Gasteiger charge is 2.23. The standard InChI is InChI=1S/C21H21N3O2S/c1-14(2)17-8-4-16(5-9-17)13-22-24-21-23-20(25)19(27-21)12-15-6-10-18(26-3)11-7-15/h4-14H,1-3H3,(H,23,24,25)/b19-12+,22-13-. The second-order valence-electron chi connectivity index (χ2n) is 6.31. The van der Waals surface area contributed by atoms with Crippen LogP contribution in [0, 0.1) is 0 Å². The van der Waals surface area contributed by atoms with Crippen LogP contribution in [0.25, 0.3) is 6.08 Å². The van der Waals surface area contributed by atoms with Crippen molar-refractivity contribution in [2.75, 3.05) is 7.11 Å². The smallest absolute Gasteiger partial charge is 0.264 e. The first-order valence-electron chi connectivity index (χ1n) is 8.61. The number of benzene rings is 2. The normalized spacial score (nSPS) is 17.3. The minimum Gasteiger partial charge on any atom is -0.497 e. The van der Waals surface area contributed by atoms with E-state index in [0.717, 1.165) is 16.9 Å². The maximum atomic E-state index is 12.1.